The van der Waals surface area contributed by atoms with Crippen LogP contribution in [-0.2, 0) is 14.9 Å². The summed E-state index contributed by atoms with van der Waals surface area (Å²) in [5.41, 5.74) is 1.97. The van der Waals surface area contributed by atoms with E-state index < -0.39 is 35.6 Å². The van der Waals surface area contributed by atoms with Crippen LogP contribution in [0.3, 0.4) is 0 Å². The molecule has 0 saturated carbocycles. The summed E-state index contributed by atoms with van der Waals surface area (Å²) in [6, 6.07) is 7.98. The zero-order valence-electron chi connectivity index (χ0n) is 17.8. The maximum absolute atomic E-state index is 14.8. The van der Waals surface area contributed by atoms with E-state index >= 15 is 0 Å². The Morgan fingerprint density at radius 1 is 1.29 bits per heavy atom. The number of nitrogens with two attached hydrogens (primary N) is 1. The first-order valence-electron chi connectivity index (χ1n) is 9.66. The van der Waals surface area contributed by atoms with E-state index in [1.807, 2.05) is 6.07 Å². The van der Waals surface area contributed by atoms with Gasteiger partial charge in [-0.2, -0.15) is 18.4 Å². The molecule has 2 aromatic carbocycles. The van der Waals surface area contributed by atoms with E-state index in [4.69, 9.17) is 45.3 Å². The minimum absolute atomic E-state index is 0.0133. The number of carbonyl (C=O) groups is 1. The Morgan fingerprint density at radius 3 is 2.49 bits per heavy atom. The van der Waals surface area contributed by atoms with Crippen LogP contribution in [0.5, 0.6) is 0 Å². The molecule has 2 unspecified atom stereocenters. The van der Waals surface area contributed by atoms with Crippen LogP contribution in [0.1, 0.15) is 16.7 Å². The highest BCUT2D eigenvalue weighted by atomic mass is 35.5. The van der Waals surface area contributed by atoms with Crippen LogP contribution in [-0.4, -0.2) is 44.2 Å². The minimum atomic E-state index is -4.99. The van der Waals surface area contributed by atoms with Gasteiger partial charge in [-0.05, 0) is 35.4 Å². The lowest BCUT2D eigenvalue weighted by molar-refractivity contribution is -0.200. The van der Waals surface area contributed by atoms with Gasteiger partial charge in [-0.25, -0.2) is 9.98 Å². The van der Waals surface area contributed by atoms with E-state index in [2.05, 4.69) is 15.0 Å². The summed E-state index contributed by atoms with van der Waals surface area (Å²) < 4.78 is 49.1. The van der Waals surface area contributed by atoms with Gasteiger partial charge in [0.1, 0.15) is 23.7 Å². The first-order chi connectivity index (χ1) is 16.5. The highest BCUT2D eigenvalue weighted by Gasteiger charge is 2.67. The number of carbonyl (C=O) groups excluding carboxylic acids is 1. The molecule has 0 radical (unpaired) electrons. The average Bonchev–Trinajstić information content (AvgIpc) is 3.24. The SMILES string of the molecule is COC(=O)C1C(c2ccc(N=CN=CN)c(C#N)c2)=NCC1(c1cc(Cl)c(Cl)c(Cl)c1)C(F)(F)F. The third-order valence-electron chi connectivity index (χ3n) is 5.47. The van der Waals surface area contributed by atoms with E-state index in [1.54, 1.807) is 0 Å². The maximum atomic E-state index is 14.8. The van der Waals surface area contributed by atoms with Gasteiger partial charge in [0.2, 0.25) is 0 Å². The lowest BCUT2D eigenvalue weighted by Crippen LogP contribution is -2.53. The van der Waals surface area contributed by atoms with Crippen molar-refractivity contribution in [1.82, 2.24) is 0 Å². The number of halogens is 6. The van der Waals surface area contributed by atoms with Crippen molar-refractivity contribution >= 4 is 64.8 Å². The van der Waals surface area contributed by atoms with Gasteiger partial charge in [0.25, 0.3) is 0 Å². The highest BCUT2D eigenvalue weighted by Crippen LogP contribution is 2.53. The van der Waals surface area contributed by atoms with Crippen molar-refractivity contribution in [2.45, 2.75) is 11.6 Å². The van der Waals surface area contributed by atoms with Crippen LogP contribution in [0.4, 0.5) is 18.9 Å². The molecule has 0 spiro atoms. The summed E-state index contributed by atoms with van der Waals surface area (Å²) in [5.74, 6) is -3.11. The summed E-state index contributed by atoms with van der Waals surface area (Å²) >= 11 is 18.0. The van der Waals surface area contributed by atoms with E-state index in [-0.39, 0.29) is 37.6 Å². The zero-order chi connectivity index (χ0) is 26.0. The Hall–Kier alpha value is -3.13. The number of ether oxygens (including phenoxy) is 1. The number of hydrogen-bond acceptors (Lipinski definition) is 5. The Balaban J connectivity index is 2.23. The molecule has 0 fully saturated rings. The smallest absolute Gasteiger partial charge is 0.401 e. The Bertz CT molecular complexity index is 1280. The molecule has 1 aliphatic heterocycles. The summed E-state index contributed by atoms with van der Waals surface area (Å²) in [7, 11) is 0.970. The second kappa shape index (κ2) is 10.2. The van der Waals surface area contributed by atoms with Crippen molar-refractivity contribution in [3.63, 3.8) is 0 Å². The molecule has 2 aromatic rings. The Morgan fingerprint density at radius 2 is 1.94 bits per heavy atom. The molecule has 0 amide bonds. The van der Waals surface area contributed by atoms with Crippen LogP contribution in [0, 0.1) is 17.2 Å². The summed E-state index contributed by atoms with van der Waals surface area (Å²) in [6.45, 7) is -0.854. The topological polar surface area (TPSA) is 113 Å². The Kier molecular flexibility index (Phi) is 7.74. The summed E-state index contributed by atoms with van der Waals surface area (Å²) in [6.07, 6.45) is -2.90. The van der Waals surface area contributed by atoms with Gasteiger partial charge < -0.3 is 10.5 Å². The molecule has 0 saturated heterocycles. The van der Waals surface area contributed by atoms with Crippen molar-refractivity contribution in [2.75, 3.05) is 13.7 Å². The van der Waals surface area contributed by atoms with Crippen LogP contribution < -0.4 is 5.73 Å². The number of rotatable bonds is 5. The van der Waals surface area contributed by atoms with Gasteiger partial charge in [-0.3, -0.25) is 9.79 Å². The molecule has 0 aliphatic carbocycles. The fourth-order valence-corrected chi connectivity index (χ4v) is 4.43. The van der Waals surface area contributed by atoms with Crippen molar-refractivity contribution in [3.8, 4) is 6.07 Å². The molecular weight excluding hydrogens is 530 g/mol. The van der Waals surface area contributed by atoms with Crippen molar-refractivity contribution < 1.29 is 22.7 Å². The standard InChI is InChI=1S/C22H15Cl3F3N5O2/c1-35-20(34)17-19(11-2-3-16(12(4-11)7-29)33-10-31-9-30)32-8-21(17,22(26,27)28)13-5-14(23)18(25)15(24)6-13/h2-6,9-10,17H,8H2,1H3,(H2,30,31,33). The number of esters is 1. The number of benzene rings is 2. The van der Waals surface area contributed by atoms with Gasteiger partial charge >= 0.3 is 12.1 Å². The maximum Gasteiger partial charge on any atom is 0.401 e. The minimum Gasteiger partial charge on any atom is -0.468 e. The largest absolute Gasteiger partial charge is 0.468 e. The lowest BCUT2D eigenvalue weighted by atomic mass is 9.68. The molecule has 0 bridgehead atoms. The fraction of sp³-hybridized carbons (Fsp3) is 0.227. The van der Waals surface area contributed by atoms with Gasteiger partial charge in [0.05, 0.1) is 52.0 Å². The first-order valence-corrected chi connectivity index (χ1v) is 10.8. The van der Waals surface area contributed by atoms with E-state index in [0.717, 1.165) is 31.9 Å². The highest BCUT2D eigenvalue weighted by molar-refractivity contribution is 6.48. The van der Waals surface area contributed by atoms with E-state index in [1.165, 1.54) is 18.2 Å². The van der Waals surface area contributed by atoms with Gasteiger partial charge in [-0.15, -0.1) is 0 Å². The van der Waals surface area contributed by atoms with Crippen LogP contribution in [0.25, 0.3) is 0 Å². The van der Waals surface area contributed by atoms with Gasteiger partial charge in [-0.1, -0.05) is 40.9 Å². The monoisotopic (exact) mass is 543 g/mol. The zero-order valence-corrected chi connectivity index (χ0v) is 20.0. The van der Waals surface area contributed by atoms with Crippen LogP contribution in [0.15, 0.2) is 45.3 Å². The predicted octanol–water partition coefficient (Wildman–Crippen LogP) is 5.26. The summed E-state index contributed by atoms with van der Waals surface area (Å²) in [4.78, 5) is 24.5. The Labute approximate surface area is 212 Å². The number of nitrogens with zero attached hydrogens (tertiary/aromatic N) is 4. The van der Waals surface area contributed by atoms with E-state index in [0.29, 0.717) is 0 Å². The van der Waals surface area contributed by atoms with Crippen LogP contribution >= 0.6 is 34.8 Å². The molecule has 1 aliphatic rings. The van der Waals surface area contributed by atoms with E-state index in [9.17, 15) is 23.2 Å². The molecule has 1 heterocycles. The number of methoxy groups -OCH3 is 1. The molecule has 182 valence electrons. The van der Waals surface area contributed by atoms with Gasteiger partial charge in [0, 0.05) is 0 Å². The number of aliphatic imine (C=N–C) groups is 3. The average molecular weight is 545 g/mol. The lowest BCUT2D eigenvalue weighted by Gasteiger charge is -2.36. The fourth-order valence-electron chi connectivity index (χ4n) is 3.83. The van der Waals surface area contributed by atoms with Crippen LogP contribution in [0.2, 0.25) is 15.1 Å². The molecule has 3 rings (SSSR count). The normalized spacial score (nSPS) is 20.3. The van der Waals surface area contributed by atoms with Crippen molar-refractivity contribution in [3.05, 3.63) is 62.1 Å². The molecule has 0 aromatic heterocycles. The summed E-state index contributed by atoms with van der Waals surface area (Å²) in [5, 5.41) is 8.96. The molecule has 2 N–H and O–H groups in total. The van der Waals surface area contributed by atoms with Crippen molar-refractivity contribution in [2.24, 2.45) is 26.6 Å². The quantitative estimate of drug-likeness (QED) is 0.239. The number of hydrogen-bond donors (Lipinski definition) is 1. The second-order valence-corrected chi connectivity index (χ2v) is 8.46. The van der Waals surface area contributed by atoms with Gasteiger partial charge in [0.15, 0.2) is 0 Å². The number of alkyl halides is 3. The number of nitriles is 1. The molecule has 2 atom stereocenters. The third-order valence-corrected chi connectivity index (χ3v) is 6.67. The predicted molar refractivity (Wildman–Crippen MR) is 128 cm³/mol. The molecular formula is C22H15Cl3F3N5O2. The second-order valence-electron chi connectivity index (χ2n) is 7.27. The molecule has 35 heavy (non-hydrogen) atoms. The third kappa shape index (κ3) is 4.72. The molecule has 7 nitrogen and oxygen atoms in total. The first kappa shape index (κ1) is 26.5. The van der Waals surface area contributed by atoms with Crippen molar-refractivity contribution in [1.29, 1.82) is 5.26 Å². The molecule has 13 heteroatoms.